The van der Waals surface area contributed by atoms with Crippen LogP contribution < -0.4 is 5.73 Å². The molecule has 1 heterocycles. The van der Waals surface area contributed by atoms with Crippen LogP contribution >= 0.6 is 0 Å². The highest BCUT2D eigenvalue weighted by atomic mass is 16.5. The van der Waals surface area contributed by atoms with Gasteiger partial charge in [-0.3, -0.25) is 4.90 Å². The van der Waals surface area contributed by atoms with Crippen LogP contribution in [0.3, 0.4) is 0 Å². The standard InChI is InChI=1S/C13H28N2O2/c1-10-5-6-15(8-13(10)17-4)12(7-14)11(2)9-16-3/h10-13H,5-9,14H2,1-4H3. The molecule has 0 radical (unpaired) electrons. The molecule has 4 unspecified atom stereocenters. The van der Waals surface area contributed by atoms with Crippen molar-refractivity contribution >= 4 is 0 Å². The number of hydrogen-bond donors (Lipinski definition) is 1. The lowest BCUT2D eigenvalue weighted by atomic mass is 9.92. The highest BCUT2D eigenvalue weighted by Gasteiger charge is 2.31. The monoisotopic (exact) mass is 244 g/mol. The van der Waals surface area contributed by atoms with E-state index in [4.69, 9.17) is 15.2 Å². The Kier molecular flexibility index (Phi) is 6.41. The second-order valence-corrected chi connectivity index (χ2v) is 5.27. The zero-order valence-corrected chi connectivity index (χ0v) is 11.7. The molecular weight excluding hydrogens is 216 g/mol. The average Bonchev–Trinajstić information content (AvgIpc) is 2.32. The molecule has 0 aromatic heterocycles. The van der Waals surface area contributed by atoms with Crippen molar-refractivity contribution in [3.63, 3.8) is 0 Å². The van der Waals surface area contributed by atoms with Gasteiger partial charge in [0.15, 0.2) is 0 Å². The second-order valence-electron chi connectivity index (χ2n) is 5.27. The van der Waals surface area contributed by atoms with Gasteiger partial charge in [0, 0.05) is 33.4 Å². The van der Waals surface area contributed by atoms with Crippen molar-refractivity contribution in [1.82, 2.24) is 4.90 Å². The van der Waals surface area contributed by atoms with E-state index in [1.807, 2.05) is 0 Å². The molecule has 4 heteroatoms. The fraction of sp³-hybridized carbons (Fsp3) is 1.00. The van der Waals surface area contributed by atoms with Crippen molar-refractivity contribution in [3.8, 4) is 0 Å². The predicted molar refractivity (Wildman–Crippen MR) is 70.0 cm³/mol. The minimum absolute atomic E-state index is 0.340. The number of ether oxygens (including phenoxy) is 2. The van der Waals surface area contributed by atoms with Crippen LogP contribution in [0.4, 0.5) is 0 Å². The molecule has 0 saturated carbocycles. The van der Waals surface area contributed by atoms with Gasteiger partial charge in [-0.2, -0.15) is 0 Å². The Hall–Kier alpha value is -0.160. The van der Waals surface area contributed by atoms with Crippen molar-refractivity contribution in [2.75, 3.05) is 40.5 Å². The van der Waals surface area contributed by atoms with Gasteiger partial charge in [-0.1, -0.05) is 13.8 Å². The van der Waals surface area contributed by atoms with E-state index in [0.29, 0.717) is 30.5 Å². The normalized spacial score (nSPS) is 30.2. The van der Waals surface area contributed by atoms with E-state index in [2.05, 4.69) is 18.7 Å². The maximum atomic E-state index is 5.92. The van der Waals surface area contributed by atoms with Gasteiger partial charge in [0.1, 0.15) is 0 Å². The molecule has 0 aliphatic carbocycles. The third-order valence-electron chi connectivity index (χ3n) is 4.02. The Balaban J connectivity index is 2.57. The first-order valence-electron chi connectivity index (χ1n) is 6.59. The topological polar surface area (TPSA) is 47.7 Å². The van der Waals surface area contributed by atoms with E-state index in [1.54, 1.807) is 14.2 Å². The number of hydrogen-bond acceptors (Lipinski definition) is 4. The molecule has 0 spiro atoms. The second kappa shape index (κ2) is 7.31. The van der Waals surface area contributed by atoms with Crippen LogP contribution in [0.1, 0.15) is 20.3 Å². The van der Waals surface area contributed by atoms with E-state index < -0.39 is 0 Å². The molecule has 1 aliphatic rings. The Bertz CT molecular complexity index is 214. The summed E-state index contributed by atoms with van der Waals surface area (Å²) in [6, 6.07) is 0.403. The highest BCUT2D eigenvalue weighted by molar-refractivity contribution is 4.85. The molecule has 4 atom stereocenters. The molecule has 1 fully saturated rings. The molecule has 0 aromatic rings. The number of methoxy groups -OCH3 is 2. The highest BCUT2D eigenvalue weighted by Crippen LogP contribution is 2.23. The number of piperidine rings is 1. The lowest BCUT2D eigenvalue weighted by Crippen LogP contribution is -2.53. The summed E-state index contributed by atoms with van der Waals surface area (Å²) in [7, 11) is 3.56. The molecule has 0 bridgehead atoms. The minimum Gasteiger partial charge on any atom is -0.384 e. The fourth-order valence-electron chi connectivity index (χ4n) is 2.78. The van der Waals surface area contributed by atoms with Gasteiger partial charge < -0.3 is 15.2 Å². The molecule has 102 valence electrons. The van der Waals surface area contributed by atoms with E-state index in [9.17, 15) is 0 Å². The predicted octanol–water partition coefficient (Wildman–Crippen LogP) is 0.953. The summed E-state index contributed by atoms with van der Waals surface area (Å²) in [6.45, 7) is 8.05. The smallest absolute Gasteiger partial charge is 0.0724 e. The van der Waals surface area contributed by atoms with Crippen LogP contribution in [0.5, 0.6) is 0 Å². The average molecular weight is 244 g/mol. The van der Waals surface area contributed by atoms with Crippen molar-refractivity contribution in [2.45, 2.75) is 32.4 Å². The van der Waals surface area contributed by atoms with Gasteiger partial charge in [0.2, 0.25) is 0 Å². The van der Waals surface area contributed by atoms with Crippen molar-refractivity contribution in [1.29, 1.82) is 0 Å². The van der Waals surface area contributed by atoms with E-state index in [1.165, 1.54) is 6.42 Å². The van der Waals surface area contributed by atoms with Crippen LogP contribution in [0.2, 0.25) is 0 Å². The summed E-state index contributed by atoms with van der Waals surface area (Å²) in [4.78, 5) is 2.47. The van der Waals surface area contributed by atoms with Crippen LogP contribution in [0, 0.1) is 11.8 Å². The van der Waals surface area contributed by atoms with Crippen LogP contribution in [0.15, 0.2) is 0 Å². The molecular formula is C13H28N2O2. The first-order chi connectivity index (χ1) is 8.13. The molecule has 1 rings (SSSR count). The maximum absolute atomic E-state index is 5.92. The summed E-state index contributed by atoms with van der Waals surface area (Å²) in [5.74, 6) is 1.11. The van der Waals surface area contributed by atoms with Gasteiger partial charge in [-0.15, -0.1) is 0 Å². The summed E-state index contributed by atoms with van der Waals surface area (Å²) in [5.41, 5.74) is 5.92. The minimum atomic E-state index is 0.340. The lowest BCUT2D eigenvalue weighted by molar-refractivity contribution is -0.0310. The first-order valence-corrected chi connectivity index (χ1v) is 6.59. The zero-order valence-electron chi connectivity index (χ0n) is 11.7. The third kappa shape index (κ3) is 3.91. The molecule has 0 amide bonds. The Labute approximate surface area is 105 Å². The fourth-order valence-corrected chi connectivity index (χ4v) is 2.78. The van der Waals surface area contributed by atoms with Gasteiger partial charge >= 0.3 is 0 Å². The first kappa shape index (κ1) is 14.9. The van der Waals surface area contributed by atoms with Crippen LogP contribution in [-0.2, 0) is 9.47 Å². The molecule has 2 N–H and O–H groups in total. The SMILES string of the molecule is COCC(C)C(CN)N1CCC(C)C(OC)C1. The largest absolute Gasteiger partial charge is 0.384 e. The lowest BCUT2D eigenvalue weighted by Gasteiger charge is -2.42. The van der Waals surface area contributed by atoms with Gasteiger partial charge in [0.05, 0.1) is 12.7 Å². The quantitative estimate of drug-likeness (QED) is 0.756. The van der Waals surface area contributed by atoms with Gasteiger partial charge in [-0.05, 0) is 24.8 Å². The van der Waals surface area contributed by atoms with E-state index in [0.717, 1.165) is 19.7 Å². The van der Waals surface area contributed by atoms with Crippen LogP contribution in [0.25, 0.3) is 0 Å². The van der Waals surface area contributed by atoms with Crippen molar-refractivity contribution < 1.29 is 9.47 Å². The molecule has 1 saturated heterocycles. The van der Waals surface area contributed by atoms with Crippen molar-refractivity contribution in [3.05, 3.63) is 0 Å². The zero-order chi connectivity index (χ0) is 12.8. The van der Waals surface area contributed by atoms with Gasteiger partial charge in [-0.25, -0.2) is 0 Å². The Morgan fingerprint density at radius 3 is 2.65 bits per heavy atom. The Morgan fingerprint density at radius 1 is 1.41 bits per heavy atom. The van der Waals surface area contributed by atoms with Crippen LogP contribution in [-0.4, -0.2) is 57.5 Å². The third-order valence-corrected chi connectivity index (χ3v) is 4.02. The van der Waals surface area contributed by atoms with E-state index >= 15 is 0 Å². The Morgan fingerprint density at radius 2 is 2.12 bits per heavy atom. The number of nitrogens with two attached hydrogens (primary N) is 1. The van der Waals surface area contributed by atoms with E-state index in [-0.39, 0.29) is 0 Å². The maximum Gasteiger partial charge on any atom is 0.0724 e. The summed E-state index contributed by atoms with van der Waals surface area (Å²) in [5, 5.41) is 0. The number of rotatable bonds is 6. The molecule has 0 aromatic carbocycles. The van der Waals surface area contributed by atoms with Crippen molar-refractivity contribution in [2.24, 2.45) is 17.6 Å². The molecule has 4 nitrogen and oxygen atoms in total. The molecule has 17 heavy (non-hydrogen) atoms. The number of likely N-dealkylation sites (tertiary alicyclic amines) is 1. The number of nitrogens with zero attached hydrogens (tertiary/aromatic N) is 1. The summed E-state index contributed by atoms with van der Waals surface area (Å²) >= 11 is 0. The summed E-state index contributed by atoms with van der Waals surface area (Å²) < 4.78 is 10.8. The molecule has 1 aliphatic heterocycles. The summed E-state index contributed by atoms with van der Waals surface area (Å²) in [6.07, 6.45) is 1.53. The van der Waals surface area contributed by atoms with Gasteiger partial charge in [0.25, 0.3) is 0 Å².